The van der Waals surface area contributed by atoms with Crippen molar-refractivity contribution in [1.82, 2.24) is 20.1 Å². The summed E-state index contributed by atoms with van der Waals surface area (Å²) in [7, 11) is 5.63. The van der Waals surface area contributed by atoms with Gasteiger partial charge in [-0.15, -0.1) is 0 Å². The molecule has 2 rings (SSSR count). The van der Waals surface area contributed by atoms with Crippen LogP contribution in [0.3, 0.4) is 0 Å². The highest BCUT2D eigenvalue weighted by Gasteiger charge is 2.09. The molecular weight excluding hydrogens is 268 g/mol. The van der Waals surface area contributed by atoms with Gasteiger partial charge >= 0.3 is 6.03 Å². The van der Waals surface area contributed by atoms with Crippen LogP contribution in [0.2, 0.25) is 0 Å². The molecule has 112 valence electrons. The molecule has 0 saturated carbocycles. The number of nitrogens with one attached hydrogen (secondary N) is 2. The Balaban J connectivity index is 1.97. The fourth-order valence-corrected chi connectivity index (χ4v) is 2.03. The Hall–Kier alpha value is -2.57. The fraction of sp³-hybridized carbons (Fsp3) is 0.357. The summed E-state index contributed by atoms with van der Waals surface area (Å²) in [4.78, 5) is 18.1. The van der Waals surface area contributed by atoms with E-state index in [1.165, 1.54) is 0 Å². The lowest BCUT2D eigenvalue weighted by Gasteiger charge is -2.16. The molecule has 7 heteroatoms. The SMILES string of the molecule is Cc1cc(NC(=O)NCc2cccnc2N(C)C)n(C)n1. The van der Waals surface area contributed by atoms with E-state index in [0.717, 1.165) is 17.1 Å². The third-order valence-electron chi connectivity index (χ3n) is 2.97. The van der Waals surface area contributed by atoms with E-state index in [-0.39, 0.29) is 6.03 Å². The topological polar surface area (TPSA) is 75.1 Å². The van der Waals surface area contributed by atoms with Crippen LogP contribution < -0.4 is 15.5 Å². The molecule has 2 aromatic rings. The second-order valence-electron chi connectivity index (χ2n) is 4.98. The summed E-state index contributed by atoms with van der Waals surface area (Å²) in [6.45, 7) is 2.28. The van der Waals surface area contributed by atoms with Crippen molar-refractivity contribution in [2.75, 3.05) is 24.3 Å². The van der Waals surface area contributed by atoms with Crippen molar-refractivity contribution in [3.63, 3.8) is 0 Å². The van der Waals surface area contributed by atoms with E-state index in [9.17, 15) is 4.79 Å². The molecular formula is C14H20N6O. The van der Waals surface area contributed by atoms with Crippen LogP contribution in [-0.2, 0) is 13.6 Å². The number of anilines is 2. The van der Waals surface area contributed by atoms with Gasteiger partial charge in [0.15, 0.2) is 0 Å². The fourth-order valence-electron chi connectivity index (χ4n) is 2.03. The number of hydrogen-bond donors (Lipinski definition) is 2. The maximum absolute atomic E-state index is 11.9. The summed E-state index contributed by atoms with van der Waals surface area (Å²) in [5, 5.41) is 9.76. The van der Waals surface area contributed by atoms with Gasteiger partial charge in [0.1, 0.15) is 11.6 Å². The second-order valence-corrected chi connectivity index (χ2v) is 4.98. The smallest absolute Gasteiger partial charge is 0.320 e. The Morgan fingerprint density at radius 1 is 1.43 bits per heavy atom. The summed E-state index contributed by atoms with van der Waals surface area (Å²) >= 11 is 0. The molecule has 0 spiro atoms. The molecule has 2 N–H and O–H groups in total. The number of carbonyl (C=O) groups is 1. The molecule has 0 fully saturated rings. The third kappa shape index (κ3) is 3.71. The first-order valence-corrected chi connectivity index (χ1v) is 6.64. The Kier molecular flexibility index (Phi) is 4.42. The molecule has 21 heavy (non-hydrogen) atoms. The van der Waals surface area contributed by atoms with E-state index in [1.54, 1.807) is 17.9 Å². The minimum absolute atomic E-state index is 0.272. The summed E-state index contributed by atoms with van der Waals surface area (Å²) in [5.41, 5.74) is 1.81. The molecule has 0 aliphatic carbocycles. The van der Waals surface area contributed by atoms with Gasteiger partial charge in [-0.25, -0.2) is 9.78 Å². The summed E-state index contributed by atoms with van der Waals surface area (Å²) < 4.78 is 1.63. The van der Waals surface area contributed by atoms with Crippen molar-refractivity contribution >= 4 is 17.7 Å². The zero-order valence-corrected chi connectivity index (χ0v) is 12.7. The van der Waals surface area contributed by atoms with Crippen molar-refractivity contribution < 1.29 is 4.79 Å². The van der Waals surface area contributed by atoms with Crippen molar-refractivity contribution in [1.29, 1.82) is 0 Å². The first-order valence-electron chi connectivity index (χ1n) is 6.64. The third-order valence-corrected chi connectivity index (χ3v) is 2.97. The normalized spacial score (nSPS) is 10.3. The predicted octanol–water partition coefficient (Wildman–Crippen LogP) is 1.51. The highest BCUT2D eigenvalue weighted by Crippen LogP contribution is 2.14. The van der Waals surface area contributed by atoms with E-state index < -0.39 is 0 Å². The summed E-state index contributed by atoms with van der Waals surface area (Å²) in [5.74, 6) is 1.50. The van der Waals surface area contributed by atoms with Crippen LogP contribution in [-0.4, -0.2) is 34.9 Å². The molecule has 0 saturated heterocycles. The summed E-state index contributed by atoms with van der Waals surface area (Å²) in [6, 6.07) is 5.34. The van der Waals surface area contributed by atoms with Crippen molar-refractivity contribution in [3.8, 4) is 0 Å². The number of amides is 2. The maximum Gasteiger partial charge on any atom is 0.320 e. The monoisotopic (exact) mass is 288 g/mol. The number of pyridine rings is 1. The van der Waals surface area contributed by atoms with Crippen LogP contribution in [0.25, 0.3) is 0 Å². The van der Waals surface area contributed by atoms with E-state index >= 15 is 0 Å². The van der Waals surface area contributed by atoms with Crippen LogP contribution in [0.4, 0.5) is 16.4 Å². The van der Waals surface area contributed by atoms with Gasteiger partial charge in [0, 0.05) is 45.5 Å². The minimum atomic E-state index is -0.272. The molecule has 0 atom stereocenters. The number of aryl methyl sites for hydroxylation is 2. The van der Waals surface area contributed by atoms with Gasteiger partial charge in [-0.2, -0.15) is 5.10 Å². The van der Waals surface area contributed by atoms with E-state index in [2.05, 4.69) is 20.7 Å². The zero-order chi connectivity index (χ0) is 15.4. The molecule has 0 aliphatic heterocycles. The van der Waals surface area contributed by atoms with Crippen molar-refractivity contribution in [2.45, 2.75) is 13.5 Å². The quantitative estimate of drug-likeness (QED) is 0.894. The molecule has 0 aliphatic rings. The van der Waals surface area contributed by atoms with Gasteiger partial charge in [-0.3, -0.25) is 10.00 Å². The Morgan fingerprint density at radius 2 is 2.19 bits per heavy atom. The number of urea groups is 1. The van der Waals surface area contributed by atoms with Gasteiger partial charge in [0.25, 0.3) is 0 Å². The van der Waals surface area contributed by atoms with Crippen LogP contribution in [0.15, 0.2) is 24.4 Å². The lowest BCUT2D eigenvalue weighted by molar-refractivity contribution is 0.251. The molecule has 2 aromatic heterocycles. The van der Waals surface area contributed by atoms with E-state index in [0.29, 0.717) is 12.4 Å². The first kappa shape index (κ1) is 14.8. The molecule has 0 aromatic carbocycles. The van der Waals surface area contributed by atoms with Gasteiger partial charge in [0.05, 0.1) is 5.69 Å². The Morgan fingerprint density at radius 3 is 2.81 bits per heavy atom. The molecule has 2 heterocycles. The van der Waals surface area contributed by atoms with E-state index in [4.69, 9.17) is 0 Å². The standard InChI is InChI=1S/C14H20N6O/c1-10-8-12(20(4)18-10)17-14(21)16-9-11-6-5-7-15-13(11)19(2)3/h5-8H,9H2,1-4H3,(H2,16,17,21). The number of nitrogens with zero attached hydrogens (tertiary/aromatic N) is 4. The molecule has 2 amide bonds. The first-order chi connectivity index (χ1) is 9.97. The number of hydrogen-bond acceptors (Lipinski definition) is 4. The van der Waals surface area contributed by atoms with E-state index in [1.807, 2.05) is 44.1 Å². The molecule has 7 nitrogen and oxygen atoms in total. The Labute approximate surface area is 124 Å². The maximum atomic E-state index is 11.9. The van der Waals surface area contributed by atoms with Gasteiger partial charge < -0.3 is 10.2 Å². The Bertz CT molecular complexity index is 634. The van der Waals surface area contributed by atoms with Gasteiger partial charge in [0.2, 0.25) is 0 Å². The average Bonchev–Trinajstić information content (AvgIpc) is 2.74. The molecule has 0 unspecified atom stereocenters. The van der Waals surface area contributed by atoms with Crippen LogP contribution >= 0.6 is 0 Å². The molecule has 0 bridgehead atoms. The average molecular weight is 288 g/mol. The number of carbonyl (C=O) groups excluding carboxylic acids is 1. The van der Waals surface area contributed by atoms with Crippen LogP contribution in [0.5, 0.6) is 0 Å². The highest BCUT2D eigenvalue weighted by molar-refractivity contribution is 5.88. The highest BCUT2D eigenvalue weighted by atomic mass is 16.2. The lowest BCUT2D eigenvalue weighted by Crippen LogP contribution is -2.29. The lowest BCUT2D eigenvalue weighted by atomic mass is 10.2. The number of aromatic nitrogens is 3. The summed E-state index contributed by atoms with van der Waals surface area (Å²) in [6.07, 6.45) is 1.73. The van der Waals surface area contributed by atoms with Crippen LogP contribution in [0, 0.1) is 6.92 Å². The van der Waals surface area contributed by atoms with Gasteiger partial charge in [-0.1, -0.05) is 6.07 Å². The number of rotatable bonds is 4. The predicted molar refractivity (Wildman–Crippen MR) is 82.4 cm³/mol. The largest absolute Gasteiger partial charge is 0.362 e. The molecule has 0 radical (unpaired) electrons. The second kappa shape index (κ2) is 6.25. The van der Waals surface area contributed by atoms with Crippen LogP contribution in [0.1, 0.15) is 11.3 Å². The minimum Gasteiger partial charge on any atom is -0.362 e. The zero-order valence-electron chi connectivity index (χ0n) is 12.7. The van der Waals surface area contributed by atoms with Crippen molar-refractivity contribution in [2.24, 2.45) is 7.05 Å². The van der Waals surface area contributed by atoms with Gasteiger partial charge in [-0.05, 0) is 13.0 Å². The van der Waals surface area contributed by atoms with Crippen molar-refractivity contribution in [3.05, 3.63) is 35.7 Å².